The van der Waals surface area contributed by atoms with Crippen molar-refractivity contribution in [1.82, 2.24) is 10.3 Å². The predicted molar refractivity (Wildman–Crippen MR) is 156 cm³/mol. The monoisotopic (exact) mass is 568 g/mol. The van der Waals surface area contributed by atoms with E-state index in [1.165, 1.54) is 18.2 Å². The van der Waals surface area contributed by atoms with Crippen molar-refractivity contribution >= 4 is 68.1 Å². The summed E-state index contributed by atoms with van der Waals surface area (Å²) in [6.07, 6.45) is 0. The average Bonchev–Trinajstić information content (AvgIpc) is 3.60. The lowest BCUT2D eigenvalue weighted by Gasteiger charge is -2.08. The number of carbonyl (C=O) groups excluding carboxylic acids is 1. The molecule has 0 aliphatic rings. The van der Waals surface area contributed by atoms with E-state index in [9.17, 15) is 14.9 Å². The third-order valence-corrected chi connectivity index (χ3v) is 6.70. The highest BCUT2D eigenvalue weighted by Crippen LogP contribution is 2.34. The van der Waals surface area contributed by atoms with Crippen LogP contribution in [0.2, 0.25) is 5.02 Å². The van der Waals surface area contributed by atoms with Crippen LogP contribution in [0.15, 0.2) is 99.8 Å². The molecule has 9 nitrogen and oxygen atoms in total. The van der Waals surface area contributed by atoms with Crippen molar-refractivity contribution in [3.8, 4) is 22.8 Å². The molecule has 0 fully saturated rings. The molecule has 40 heavy (non-hydrogen) atoms. The second-order valence-electron chi connectivity index (χ2n) is 8.69. The fourth-order valence-electron chi connectivity index (χ4n) is 4.35. The molecule has 1 amide bonds. The highest BCUT2D eigenvalue weighted by atomic mass is 35.5. The summed E-state index contributed by atoms with van der Waals surface area (Å²) in [6.45, 7) is 0. The van der Waals surface area contributed by atoms with Gasteiger partial charge in [-0.15, -0.1) is 0 Å². The van der Waals surface area contributed by atoms with Crippen molar-refractivity contribution in [3.63, 3.8) is 0 Å². The van der Waals surface area contributed by atoms with Gasteiger partial charge in [-0.2, -0.15) is 0 Å². The topological polar surface area (TPSA) is 123 Å². The molecule has 196 valence electrons. The normalized spacial score (nSPS) is 11.0. The number of thiocarbonyl (C=S) groups is 1. The number of para-hydroxylation sites is 1. The van der Waals surface area contributed by atoms with Crippen molar-refractivity contribution in [3.05, 3.63) is 112 Å². The molecule has 0 unspecified atom stereocenters. The third kappa shape index (κ3) is 4.77. The Kier molecular flexibility index (Phi) is 6.47. The fraction of sp³-hybridized carbons (Fsp3) is 0. The smallest absolute Gasteiger partial charge is 0.293 e. The van der Waals surface area contributed by atoms with Crippen LogP contribution in [-0.2, 0) is 0 Å². The van der Waals surface area contributed by atoms with Gasteiger partial charge in [-0.3, -0.25) is 20.2 Å². The molecule has 0 spiro atoms. The van der Waals surface area contributed by atoms with Crippen molar-refractivity contribution < 1.29 is 18.6 Å². The summed E-state index contributed by atoms with van der Waals surface area (Å²) in [6, 6.07) is 25.7. The van der Waals surface area contributed by atoms with Crippen LogP contribution in [0.25, 0.3) is 44.7 Å². The van der Waals surface area contributed by atoms with Crippen molar-refractivity contribution in [2.24, 2.45) is 0 Å². The first-order chi connectivity index (χ1) is 19.4. The molecule has 2 aromatic heterocycles. The zero-order valence-corrected chi connectivity index (χ0v) is 22.0. The van der Waals surface area contributed by atoms with Gasteiger partial charge in [-0.1, -0.05) is 48.0 Å². The van der Waals surface area contributed by atoms with E-state index in [0.29, 0.717) is 27.7 Å². The minimum atomic E-state index is -0.609. The lowest BCUT2D eigenvalue weighted by atomic mass is 10.0. The van der Waals surface area contributed by atoms with Gasteiger partial charge < -0.3 is 14.2 Å². The minimum Gasteiger partial charge on any atom is -0.451 e. The molecular formula is C29H17ClN4O5S. The lowest BCUT2D eigenvalue weighted by Crippen LogP contribution is -2.33. The predicted octanol–water partition coefficient (Wildman–Crippen LogP) is 7.60. The zero-order valence-electron chi connectivity index (χ0n) is 20.4. The largest absolute Gasteiger partial charge is 0.451 e. The van der Waals surface area contributed by atoms with Gasteiger partial charge in [0.25, 0.3) is 11.6 Å². The second-order valence-corrected chi connectivity index (χ2v) is 9.50. The average molecular weight is 569 g/mol. The zero-order chi connectivity index (χ0) is 27.8. The number of halogens is 1. The first-order valence-corrected chi connectivity index (χ1v) is 12.7. The van der Waals surface area contributed by atoms with Gasteiger partial charge in [-0.05, 0) is 66.1 Å². The number of hydrogen-bond acceptors (Lipinski definition) is 7. The number of nitrogens with zero attached hydrogens (tertiary/aromatic N) is 2. The van der Waals surface area contributed by atoms with E-state index in [2.05, 4.69) is 15.6 Å². The van der Waals surface area contributed by atoms with Crippen molar-refractivity contribution in [2.45, 2.75) is 0 Å². The minimum absolute atomic E-state index is 0.0282. The first-order valence-electron chi connectivity index (χ1n) is 11.9. The lowest BCUT2D eigenvalue weighted by molar-refractivity contribution is -0.384. The highest BCUT2D eigenvalue weighted by Gasteiger charge is 2.20. The van der Waals surface area contributed by atoms with E-state index >= 15 is 0 Å². The van der Waals surface area contributed by atoms with Crippen LogP contribution in [0.1, 0.15) is 10.6 Å². The summed E-state index contributed by atoms with van der Waals surface area (Å²) in [7, 11) is 0. The Labute approximate surface area is 236 Å². The maximum absolute atomic E-state index is 12.7. The van der Waals surface area contributed by atoms with Gasteiger partial charge in [0.15, 0.2) is 16.5 Å². The SMILES string of the molecule is O=C(NC(=S)Nc1ccc2oc(-c3cccc4c(Cl)cccc34)nc2c1)c1ccc(-c2ccccc2[N+](=O)[O-])o1. The molecule has 0 aliphatic carbocycles. The molecule has 0 bridgehead atoms. The van der Waals surface area contributed by atoms with E-state index in [0.717, 1.165) is 16.3 Å². The summed E-state index contributed by atoms with van der Waals surface area (Å²) in [5.74, 6) is -0.0221. The van der Waals surface area contributed by atoms with Crippen molar-refractivity contribution in [1.29, 1.82) is 0 Å². The number of fused-ring (bicyclic) bond motifs is 2. The van der Waals surface area contributed by atoms with Crippen LogP contribution in [0.5, 0.6) is 0 Å². The maximum Gasteiger partial charge on any atom is 0.293 e. The van der Waals surface area contributed by atoms with E-state index in [1.54, 1.807) is 36.4 Å². The molecule has 0 atom stereocenters. The Hall–Kier alpha value is -5.06. The van der Waals surface area contributed by atoms with Gasteiger partial charge >= 0.3 is 0 Å². The molecule has 0 saturated heterocycles. The molecule has 11 heteroatoms. The number of rotatable bonds is 5. The van der Waals surface area contributed by atoms with Gasteiger partial charge in [0.1, 0.15) is 11.3 Å². The van der Waals surface area contributed by atoms with Crippen LogP contribution in [0.3, 0.4) is 0 Å². The molecule has 4 aromatic carbocycles. The van der Waals surface area contributed by atoms with Gasteiger partial charge in [-0.25, -0.2) is 4.98 Å². The molecule has 6 rings (SSSR count). The van der Waals surface area contributed by atoms with E-state index in [-0.39, 0.29) is 27.9 Å². The van der Waals surface area contributed by atoms with Gasteiger partial charge in [0.2, 0.25) is 5.89 Å². The second kappa shape index (κ2) is 10.3. The number of nitro benzene ring substituents is 1. The van der Waals surface area contributed by atoms with Crippen LogP contribution in [0, 0.1) is 10.1 Å². The molecular weight excluding hydrogens is 552 g/mol. The number of nitro groups is 1. The summed E-state index contributed by atoms with van der Waals surface area (Å²) < 4.78 is 11.6. The quantitative estimate of drug-likeness (QED) is 0.124. The van der Waals surface area contributed by atoms with Crippen LogP contribution in [-0.4, -0.2) is 20.9 Å². The molecule has 6 aromatic rings. The van der Waals surface area contributed by atoms with Crippen LogP contribution >= 0.6 is 23.8 Å². The molecule has 0 aliphatic heterocycles. The Morgan fingerprint density at radius 2 is 1.68 bits per heavy atom. The summed E-state index contributed by atoms with van der Waals surface area (Å²) in [5.41, 5.74) is 2.70. The number of carbonyl (C=O) groups is 1. The van der Waals surface area contributed by atoms with Crippen LogP contribution in [0.4, 0.5) is 11.4 Å². The standard InChI is InChI=1S/C29H17ClN4O5S/c30-21-9-4-6-17-18(21)7-3-8-19(17)28-32-22-15-16(11-12-25(22)39-28)31-29(40)33-27(35)26-14-13-24(38-26)20-5-1-2-10-23(20)34(36)37/h1-15H,(H2,31,33,35,40). The summed E-state index contributed by atoms with van der Waals surface area (Å²) in [5, 5.41) is 19.3. The van der Waals surface area contributed by atoms with Gasteiger partial charge in [0.05, 0.1) is 10.5 Å². The number of nitrogens with one attached hydrogen (secondary N) is 2. The number of furan rings is 1. The third-order valence-electron chi connectivity index (χ3n) is 6.17. The first kappa shape index (κ1) is 25.2. The van der Waals surface area contributed by atoms with Crippen LogP contribution < -0.4 is 10.6 Å². The summed E-state index contributed by atoms with van der Waals surface area (Å²) >= 11 is 11.7. The molecule has 0 saturated carbocycles. The van der Waals surface area contributed by atoms with Crippen molar-refractivity contribution in [2.75, 3.05) is 5.32 Å². The molecule has 0 radical (unpaired) electrons. The molecule has 2 N–H and O–H groups in total. The number of hydrogen-bond donors (Lipinski definition) is 2. The van der Waals surface area contributed by atoms with E-state index in [1.807, 2.05) is 36.4 Å². The maximum atomic E-state index is 12.7. The Morgan fingerprint density at radius 3 is 2.52 bits per heavy atom. The Balaban J connectivity index is 1.18. The number of oxazole rings is 1. The van der Waals surface area contributed by atoms with E-state index in [4.69, 9.17) is 32.7 Å². The number of anilines is 1. The number of benzene rings is 4. The van der Waals surface area contributed by atoms with E-state index < -0.39 is 10.8 Å². The molecule has 2 heterocycles. The fourth-order valence-corrected chi connectivity index (χ4v) is 4.80. The Morgan fingerprint density at radius 1 is 0.900 bits per heavy atom. The highest BCUT2D eigenvalue weighted by molar-refractivity contribution is 7.80. The van der Waals surface area contributed by atoms with Gasteiger partial charge in [0, 0.05) is 27.7 Å². The number of aromatic nitrogens is 1. The number of amides is 1. The Bertz CT molecular complexity index is 1970. The summed E-state index contributed by atoms with van der Waals surface area (Å²) in [4.78, 5) is 28.2.